The van der Waals surface area contributed by atoms with Gasteiger partial charge in [-0.1, -0.05) is 47.5 Å². The van der Waals surface area contributed by atoms with Crippen molar-refractivity contribution < 1.29 is 17.9 Å². The van der Waals surface area contributed by atoms with Gasteiger partial charge in [0.05, 0.1) is 27.8 Å². The van der Waals surface area contributed by atoms with Crippen molar-refractivity contribution in [1.29, 1.82) is 0 Å². The van der Waals surface area contributed by atoms with Crippen LogP contribution in [0, 0.1) is 13.8 Å². The summed E-state index contributed by atoms with van der Waals surface area (Å²) in [5.74, 6) is -0.148. The van der Waals surface area contributed by atoms with Crippen LogP contribution in [0.4, 0.5) is 11.4 Å². The topological polar surface area (TPSA) is 75.7 Å². The monoisotopic (exact) mass is 456 g/mol. The number of halogens is 1. The van der Waals surface area contributed by atoms with E-state index in [1.807, 2.05) is 19.9 Å². The summed E-state index contributed by atoms with van der Waals surface area (Å²) in [5.41, 5.74) is 2.67. The number of hydrogen-bond acceptors (Lipinski definition) is 4. The van der Waals surface area contributed by atoms with E-state index in [1.54, 1.807) is 60.7 Å². The highest BCUT2D eigenvalue weighted by atomic mass is 35.5. The van der Waals surface area contributed by atoms with Crippen LogP contribution in [0.2, 0.25) is 5.02 Å². The number of carbonyl (C=O) groups excluding carboxylic acids is 1. The molecule has 0 radical (unpaired) electrons. The molecule has 0 aromatic heterocycles. The lowest BCUT2D eigenvalue weighted by molar-refractivity contribution is -0.122. The van der Waals surface area contributed by atoms with Crippen LogP contribution in [-0.4, -0.2) is 27.0 Å². The summed E-state index contributed by atoms with van der Waals surface area (Å²) in [6.07, 6.45) is -1.05. The third-order valence-electron chi connectivity index (χ3n) is 5.02. The van der Waals surface area contributed by atoms with Crippen LogP contribution in [0.25, 0.3) is 0 Å². The normalized spacial score (nSPS) is 15.7. The fourth-order valence-corrected chi connectivity index (χ4v) is 5.00. The van der Waals surface area contributed by atoms with Crippen molar-refractivity contribution in [2.75, 3.05) is 16.2 Å². The second-order valence-corrected chi connectivity index (χ2v) is 9.67. The zero-order valence-corrected chi connectivity index (χ0v) is 18.6. The molecule has 1 heterocycles. The zero-order chi connectivity index (χ0) is 22.2. The van der Waals surface area contributed by atoms with Crippen molar-refractivity contribution >= 4 is 38.9 Å². The van der Waals surface area contributed by atoms with E-state index in [0.717, 1.165) is 11.1 Å². The summed E-state index contributed by atoms with van der Waals surface area (Å²) in [6, 6.07) is 18.7. The van der Waals surface area contributed by atoms with Crippen LogP contribution in [0.1, 0.15) is 11.1 Å². The van der Waals surface area contributed by atoms with Gasteiger partial charge in [-0.05, 0) is 55.8 Å². The Kier molecular flexibility index (Phi) is 5.64. The maximum Gasteiger partial charge on any atom is 0.267 e. The first-order chi connectivity index (χ1) is 14.8. The fraction of sp³-hybridized carbons (Fsp3) is 0.174. The van der Waals surface area contributed by atoms with Crippen LogP contribution in [-0.2, 0) is 14.8 Å². The molecule has 1 atom stereocenters. The summed E-state index contributed by atoms with van der Waals surface area (Å²) >= 11 is 6.14. The number of para-hydroxylation sites is 1. The number of ether oxygens (including phenoxy) is 1. The Balaban J connectivity index is 1.71. The standard InChI is InChI=1S/C23H21ClN2O4S/c1-15-7-10-17(11-8-15)31(28,29)26-14-22(30-21-13-16(2)9-12-20(21)26)23(27)25-19-6-4-3-5-18(19)24/h3-13,22H,14H2,1-2H3,(H,25,27)/t22-/m0/s1. The number of rotatable bonds is 4. The molecular formula is C23H21ClN2O4S. The number of hydrogen-bond donors (Lipinski definition) is 1. The lowest BCUT2D eigenvalue weighted by Crippen LogP contribution is -2.48. The predicted molar refractivity (Wildman–Crippen MR) is 121 cm³/mol. The van der Waals surface area contributed by atoms with E-state index in [-0.39, 0.29) is 11.4 Å². The smallest absolute Gasteiger partial charge is 0.267 e. The van der Waals surface area contributed by atoms with Gasteiger partial charge in [0.2, 0.25) is 0 Å². The van der Waals surface area contributed by atoms with Crippen molar-refractivity contribution in [2.24, 2.45) is 0 Å². The van der Waals surface area contributed by atoms with Crippen LogP contribution in [0.15, 0.2) is 71.6 Å². The first-order valence-corrected chi connectivity index (χ1v) is 11.5. The Morgan fingerprint density at radius 3 is 2.42 bits per heavy atom. The maximum atomic E-state index is 13.4. The van der Waals surface area contributed by atoms with E-state index in [1.165, 1.54) is 4.31 Å². The van der Waals surface area contributed by atoms with Gasteiger partial charge in [-0.2, -0.15) is 0 Å². The van der Waals surface area contributed by atoms with E-state index >= 15 is 0 Å². The average Bonchev–Trinajstić information content (AvgIpc) is 2.74. The minimum absolute atomic E-state index is 0.150. The van der Waals surface area contributed by atoms with Crippen LogP contribution in [0.5, 0.6) is 5.75 Å². The largest absolute Gasteiger partial charge is 0.476 e. The highest BCUT2D eigenvalue weighted by molar-refractivity contribution is 7.92. The number of benzene rings is 3. The molecule has 0 fully saturated rings. The molecule has 8 heteroatoms. The summed E-state index contributed by atoms with van der Waals surface area (Å²) in [6.45, 7) is 3.59. The number of nitrogens with zero attached hydrogens (tertiary/aromatic N) is 1. The van der Waals surface area contributed by atoms with Gasteiger partial charge in [0, 0.05) is 0 Å². The molecule has 0 bridgehead atoms. The molecule has 1 N–H and O–H groups in total. The third kappa shape index (κ3) is 4.24. The Hall–Kier alpha value is -3.03. The maximum absolute atomic E-state index is 13.4. The zero-order valence-electron chi connectivity index (χ0n) is 17.0. The Morgan fingerprint density at radius 2 is 1.71 bits per heavy atom. The van der Waals surface area contributed by atoms with Crippen LogP contribution in [0.3, 0.4) is 0 Å². The van der Waals surface area contributed by atoms with Gasteiger partial charge in [0.1, 0.15) is 5.75 Å². The lowest BCUT2D eigenvalue weighted by Gasteiger charge is -2.35. The average molecular weight is 457 g/mol. The van der Waals surface area contributed by atoms with E-state index in [4.69, 9.17) is 16.3 Å². The molecule has 0 saturated carbocycles. The number of anilines is 2. The number of nitrogens with one attached hydrogen (secondary N) is 1. The van der Waals surface area contributed by atoms with Crippen LogP contribution < -0.4 is 14.4 Å². The van der Waals surface area contributed by atoms with Crippen molar-refractivity contribution in [3.05, 3.63) is 82.9 Å². The van der Waals surface area contributed by atoms with E-state index in [2.05, 4.69) is 5.32 Å². The molecule has 4 rings (SSSR count). The van der Waals surface area contributed by atoms with Gasteiger partial charge in [-0.15, -0.1) is 0 Å². The van der Waals surface area contributed by atoms with E-state index in [0.29, 0.717) is 22.1 Å². The highest BCUT2D eigenvalue weighted by Gasteiger charge is 2.37. The second-order valence-electron chi connectivity index (χ2n) is 7.40. The van der Waals surface area contributed by atoms with Crippen molar-refractivity contribution in [1.82, 2.24) is 0 Å². The van der Waals surface area contributed by atoms with Gasteiger partial charge in [0.25, 0.3) is 15.9 Å². The van der Waals surface area contributed by atoms with Crippen molar-refractivity contribution in [3.63, 3.8) is 0 Å². The SMILES string of the molecule is Cc1ccc(S(=O)(=O)N2C[C@@H](C(=O)Nc3ccccc3Cl)Oc3cc(C)ccc32)cc1. The fourth-order valence-electron chi connectivity index (χ4n) is 3.34. The number of aryl methyl sites for hydroxylation is 2. The number of carbonyl (C=O) groups is 1. The summed E-state index contributed by atoms with van der Waals surface area (Å²) < 4.78 is 34.0. The summed E-state index contributed by atoms with van der Waals surface area (Å²) in [5, 5.41) is 3.11. The molecule has 3 aromatic carbocycles. The first-order valence-electron chi connectivity index (χ1n) is 9.68. The molecule has 6 nitrogen and oxygen atoms in total. The number of amides is 1. The number of sulfonamides is 1. The molecule has 1 aliphatic heterocycles. The summed E-state index contributed by atoms with van der Waals surface area (Å²) in [7, 11) is -3.91. The van der Waals surface area contributed by atoms with Gasteiger partial charge in [0.15, 0.2) is 6.10 Å². The quantitative estimate of drug-likeness (QED) is 0.624. The van der Waals surface area contributed by atoms with E-state index in [9.17, 15) is 13.2 Å². The van der Waals surface area contributed by atoms with Gasteiger partial charge >= 0.3 is 0 Å². The molecule has 1 aliphatic rings. The molecule has 160 valence electrons. The van der Waals surface area contributed by atoms with E-state index < -0.39 is 22.0 Å². The Morgan fingerprint density at radius 1 is 1.03 bits per heavy atom. The first kappa shape index (κ1) is 21.2. The summed E-state index contributed by atoms with van der Waals surface area (Å²) in [4.78, 5) is 13.1. The number of fused-ring (bicyclic) bond motifs is 1. The Bertz CT molecular complexity index is 1240. The predicted octanol–water partition coefficient (Wildman–Crippen LogP) is 4.55. The third-order valence-corrected chi connectivity index (χ3v) is 7.14. The van der Waals surface area contributed by atoms with Gasteiger partial charge < -0.3 is 10.1 Å². The lowest BCUT2D eigenvalue weighted by atomic mass is 10.1. The van der Waals surface area contributed by atoms with Crippen molar-refractivity contribution in [3.8, 4) is 5.75 Å². The molecule has 1 amide bonds. The minimum Gasteiger partial charge on any atom is -0.476 e. The molecule has 0 saturated heterocycles. The van der Waals surface area contributed by atoms with Crippen LogP contribution >= 0.6 is 11.6 Å². The molecule has 3 aromatic rings. The second kappa shape index (κ2) is 8.24. The van der Waals surface area contributed by atoms with Crippen molar-refractivity contribution in [2.45, 2.75) is 24.8 Å². The van der Waals surface area contributed by atoms with Gasteiger partial charge in [-0.25, -0.2) is 8.42 Å². The minimum atomic E-state index is -3.91. The molecular weight excluding hydrogens is 436 g/mol. The molecule has 0 spiro atoms. The Labute approximate surface area is 186 Å². The molecule has 0 aliphatic carbocycles. The highest BCUT2D eigenvalue weighted by Crippen LogP contribution is 2.38. The molecule has 0 unspecified atom stereocenters. The molecule has 31 heavy (non-hydrogen) atoms. The van der Waals surface area contributed by atoms with Gasteiger partial charge in [-0.3, -0.25) is 9.10 Å².